The molecule has 0 radical (unpaired) electrons. The third-order valence-corrected chi connectivity index (χ3v) is 5.71. The molecule has 122 valence electrons. The first-order chi connectivity index (χ1) is 10.8. The molecule has 3 rings (SSSR count). The lowest BCUT2D eigenvalue weighted by Gasteiger charge is -2.21. The number of aromatic amines is 2. The van der Waals surface area contributed by atoms with Crippen molar-refractivity contribution in [1.82, 2.24) is 14.3 Å². The molecule has 0 aliphatic carbocycles. The summed E-state index contributed by atoms with van der Waals surface area (Å²) in [5.74, 6) is -1.20. The van der Waals surface area contributed by atoms with Crippen molar-refractivity contribution in [2.45, 2.75) is 23.8 Å². The quantitative estimate of drug-likeness (QED) is 0.685. The highest BCUT2D eigenvalue weighted by Crippen LogP contribution is 2.27. The first kappa shape index (κ1) is 15.4. The molecule has 1 aromatic carbocycles. The van der Waals surface area contributed by atoms with E-state index in [4.69, 9.17) is 5.11 Å². The van der Waals surface area contributed by atoms with Crippen LogP contribution in [0.5, 0.6) is 0 Å². The number of fused-ring (bicyclic) bond motifs is 1. The maximum atomic E-state index is 12.6. The van der Waals surface area contributed by atoms with Gasteiger partial charge in [0.1, 0.15) is 6.04 Å². The van der Waals surface area contributed by atoms with Crippen molar-refractivity contribution in [2.24, 2.45) is 0 Å². The summed E-state index contributed by atoms with van der Waals surface area (Å²) in [6.45, 7) is 0.110. The molecular weight excluding hydrogens is 326 g/mol. The molecular formula is C13H13N3O6S. The first-order valence-electron chi connectivity index (χ1n) is 6.82. The number of aromatic nitrogens is 2. The van der Waals surface area contributed by atoms with Crippen molar-refractivity contribution < 1.29 is 18.3 Å². The average molecular weight is 339 g/mol. The van der Waals surface area contributed by atoms with E-state index in [-0.39, 0.29) is 28.8 Å². The van der Waals surface area contributed by atoms with Gasteiger partial charge in [-0.2, -0.15) is 4.31 Å². The topological polar surface area (TPSA) is 140 Å². The molecule has 1 atom stereocenters. The van der Waals surface area contributed by atoms with Crippen LogP contribution in [-0.4, -0.2) is 46.4 Å². The molecule has 1 aliphatic rings. The third kappa shape index (κ3) is 2.55. The molecule has 10 heteroatoms. The van der Waals surface area contributed by atoms with Crippen LogP contribution in [0, 0.1) is 0 Å². The largest absolute Gasteiger partial charge is 0.480 e. The van der Waals surface area contributed by atoms with Crippen molar-refractivity contribution in [3.05, 3.63) is 39.0 Å². The van der Waals surface area contributed by atoms with Gasteiger partial charge in [0.2, 0.25) is 10.0 Å². The van der Waals surface area contributed by atoms with Crippen molar-refractivity contribution in [3.8, 4) is 0 Å². The SMILES string of the molecule is O=C(O)C1CCCN1S(=O)(=O)c1ccc2[nH]c(=O)[nH]c(=O)c2c1. The van der Waals surface area contributed by atoms with Crippen molar-refractivity contribution in [3.63, 3.8) is 0 Å². The molecule has 23 heavy (non-hydrogen) atoms. The van der Waals surface area contributed by atoms with E-state index >= 15 is 0 Å². The van der Waals surface area contributed by atoms with Gasteiger partial charge in [-0.15, -0.1) is 0 Å². The summed E-state index contributed by atoms with van der Waals surface area (Å²) in [6, 6.07) is 2.58. The van der Waals surface area contributed by atoms with E-state index in [0.29, 0.717) is 6.42 Å². The van der Waals surface area contributed by atoms with Gasteiger partial charge in [0.15, 0.2) is 0 Å². The number of sulfonamides is 1. The number of carbonyl (C=O) groups is 1. The van der Waals surface area contributed by atoms with E-state index in [1.807, 2.05) is 4.98 Å². The second kappa shape index (κ2) is 5.32. The Morgan fingerprint density at radius 2 is 2.00 bits per heavy atom. The number of hydrogen-bond acceptors (Lipinski definition) is 5. The van der Waals surface area contributed by atoms with E-state index in [9.17, 15) is 22.8 Å². The summed E-state index contributed by atoms with van der Waals surface area (Å²) < 4.78 is 26.2. The molecule has 3 N–H and O–H groups in total. The number of H-pyrrole nitrogens is 2. The van der Waals surface area contributed by atoms with Gasteiger partial charge in [0.25, 0.3) is 5.56 Å². The zero-order chi connectivity index (χ0) is 16.8. The monoisotopic (exact) mass is 339 g/mol. The summed E-state index contributed by atoms with van der Waals surface area (Å²) in [5.41, 5.74) is -1.20. The molecule has 2 aromatic rings. The molecule has 0 amide bonds. The second-order valence-electron chi connectivity index (χ2n) is 5.23. The zero-order valence-corrected chi connectivity index (χ0v) is 12.6. The van der Waals surface area contributed by atoms with E-state index in [1.54, 1.807) is 0 Å². The van der Waals surface area contributed by atoms with E-state index in [1.165, 1.54) is 12.1 Å². The van der Waals surface area contributed by atoms with Crippen LogP contribution < -0.4 is 11.2 Å². The third-order valence-electron chi connectivity index (χ3n) is 3.81. The summed E-state index contributed by atoms with van der Waals surface area (Å²) in [4.78, 5) is 38.4. The van der Waals surface area contributed by atoms with Crippen molar-refractivity contribution in [2.75, 3.05) is 6.54 Å². The molecule has 1 saturated heterocycles. The number of carboxylic acids is 1. The van der Waals surface area contributed by atoms with Crippen LogP contribution in [0.4, 0.5) is 0 Å². The summed E-state index contributed by atoms with van der Waals surface area (Å²) in [5, 5.41) is 9.15. The number of nitrogens with zero attached hydrogens (tertiary/aromatic N) is 1. The van der Waals surface area contributed by atoms with Gasteiger partial charge in [-0.05, 0) is 31.0 Å². The highest BCUT2D eigenvalue weighted by molar-refractivity contribution is 7.89. The minimum Gasteiger partial charge on any atom is -0.480 e. The maximum Gasteiger partial charge on any atom is 0.326 e. The number of benzene rings is 1. The van der Waals surface area contributed by atoms with Crippen LogP contribution in [-0.2, 0) is 14.8 Å². The van der Waals surface area contributed by atoms with Gasteiger partial charge in [-0.1, -0.05) is 0 Å². The lowest BCUT2D eigenvalue weighted by molar-refractivity contribution is -0.140. The van der Waals surface area contributed by atoms with E-state index < -0.39 is 33.3 Å². The Balaban J connectivity index is 2.14. The van der Waals surface area contributed by atoms with Crippen LogP contribution in [0.15, 0.2) is 32.7 Å². The highest BCUT2D eigenvalue weighted by Gasteiger charge is 2.39. The summed E-state index contributed by atoms with van der Waals surface area (Å²) in [6.07, 6.45) is 0.702. The van der Waals surface area contributed by atoms with Gasteiger partial charge < -0.3 is 10.1 Å². The Kier molecular flexibility index (Phi) is 3.57. The van der Waals surface area contributed by atoms with Crippen molar-refractivity contribution in [1.29, 1.82) is 0 Å². The highest BCUT2D eigenvalue weighted by atomic mass is 32.2. The van der Waals surface area contributed by atoms with E-state index in [0.717, 1.165) is 10.4 Å². The smallest absolute Gasteiger partial charge is 0.326 e. The first-order valence-corrected chi connectivity index (χ1v) is 8.26. The van der Waals surface area contributed by atoms with Crippen LogP contribution in [0.1, 0.15) is 12.8 Å². The van der Waals surface area contributed by atoms with Gasteiger partial charge in [0.05, 0.1) is 15.8 Å². The molecule has 1 fully saturated rings. The number of nitrogens with one attached hydrogen (secondary N) is 2. The zero-order valence-electron chi connectivity index (χ0n) is 11.8. The second-order valence-corrected chi connectivity index (χ2v) is 7.12. The minimum atomic E-state index is -4.04. The number of carboxylic acid groups (broad SMARTS) is 1. The molecule has 1 aliphatic heterocycles. The Morgan fingerprint density at radius 1 is 1.26 bits per heavy atom. The van der Waals surface area contributed by atoms with Crippen LogP contribution >= 0.6 is 0 Å². The fourth-order valence-corrected chi connectivity index (χ4v) is 4.39. The lowest BCUT2D eigenvalue weighted by atomic mass is 10.2. The fourth-order valence-electron chi connectivity index (χ4n) is 2.71. The number of rotatable bonds is 3. The van der Waals surface area contributed by atoms with Gasteiger partial charge in [-0.25, -0.2) is 13.2 Å². The molecule has 1 unspecified atom stereocenters. The molecule has 0 bridgehead atoms. The van der Waals surface area contributed by atoms with E-state index in [2.05, 4.69) is 4.98 Å². The van der Waals surface area contributed by atoms with Crippen LogP contribution in [0.3, 0.4) is 0 Å². The maximum absolute atomic E-state index is 12.6. The van der Waals surface area contributed by atoms with Crippen LogP contribution in [0.25, 0.3) is 10.9 Å². The van der Waals surface area contributed by atoms with Gasteiger partial charge in [-0.3, -0.25) is 14.6 Å². The number of aliphatic carboxylic acids is 1. The van der Waals surface area contributed by atoms with Gasteiger partial charge in [0, 0.05) is 6.54 Å². The summed E-state index contributed by atoms with van der Waals surface area (Å²) >= 11 is 0. The molecule has 9 nitrogen and oxygen atoms in total. The Morgan fingerprint density at radius 3 is 2.70 bits per heavy atom. The molecule has 2 heterocycles. The number of hydrogen-bond donors (Lipinski definition) is 3. The molecule has 0 saturated carbocycles. The summed E-state index contributed by atoms with van der Waals surface area (Å²) in [7, 11) is -4.04. The standard InChI is InChI=1S/C13H13N3O6S/c17-11-8-6-7(3-4-9(8)14-13(20)15-11)23(21,22)16-5-1-2-10(16)12(18)19/h3-4,6,10H,1-2,5H2,(H,18,19)(H2,14,15,17,20). The normalized spacial score (nSPS) is 19.2. The molecule has 0 spiro atoms. The van der Waals surface area contributed by atoms with Crippen molar-refractivity contribution >= 4 is 26.9 Å². The minimum absolute atomic E-state index is 0.0109. The fraction of sp³-hybridized carbons (Fsp3) is 0.308. The molecule has 1 aromatic heterocycles. The Labute approximate surface area is 129 Å². The predicted octanol–water partition coefficient (Wildman–Crippen LogP) is -0.546. The van der Waals surface area contributed by atoms with Gasteiger partial charge >= 0.3 is 11.7 Å². The lowest BCUT2D eigenvalue weighted by Crippen LogP contribution is -2.40. The van der Waals surface area contributed by atoms with Crippen LogP contribution in [0.2, 0.25) is 0 Å². The Bertz CT molecular complexity index is 1010. The predicted molar refractivity (Wildman–Crippen MR) is 79.7 cm³/mol. The average Bonchev–Trinajstić information content (AvgIpc) is 2.97. The Hall–Kier alpha value is -2.46.